The SMILES string of the molecule is CC1=C[C@H]2C[C@H]1[C@H]1C(=O)N(c3cccc(C(=O)OCC(=O)Nc4ccc(C)c(Cl)c4)c3)C(=O)[C@H]12. The third-order valence-corrected chi connectivity index (χ3v) is 7.42. The fourth-order valence-electron chi connectivity index (χ4n) is 5.38. The molecule has 2 bridgehead atoms. The molecule has 3 amide bonds. The number of aryl methyl sites for hydroxylation is 1. The van der Waals surface area contributed by atoms with Crippen LogP contribution >= 0.6 is 11.6 Å². The summed E-state index contributed by atoms with van der Waals surface area (Å²) in [6.45, 7) is 3.37. The molecule has 1 heterocycles. The van der Waals surface area contributed by atoms with Crippen molar-refractivity contribution in [3.63, 3.8) is 0 Å². The van der Waals surface area contributed by atoms with Crippen LogP contribution in [0.4, 0.5) is 11.4 Å². The molecule has 1 saturated heterocycles. The van der Waals surface area contributed by atoms with E-state index in [0.717, 1.165) is 12.0 Å². The minimum absolute atomic E-state index is 0.103. The van der Waals surface area contributed by atoms with Crippen molar-refractivity contribution in [2.45, 2.75) is 20.3 Å². The number of hydrogen-bond acceptors (Lipinski definition) is 5. The van der Waals surface area contributed by atoms with Crippen LogP contribution in [0.3, 0.4) is 0 Å². The van der Waals surface area contributed by atoms with Crippen LogP contribution in [-0.4, -0.2) is 30.3 Å². The molecule has 1 saturated carbocycles. The van der Waals surface area contributed by atoms with Crippen molar-refractivity contribution in [3.8, 4) is 0 Å². The largest absolute Gasteiger partial charge is 0.452 e. The Morgan fingerprint density at radius 1 is 1.09 bits per heavy atom. The third kappa shape index (κ3) is 3.70. The van der Waals surface area contributed by atoms with Crippen LogP contribution in [0.25, 0.3) is 0 Å². The maximum atomic E-state index is 13.1. The van der Waals surface area contributed by atoms with Crippen molar-refractivity contribution in [2.75, 3.05) is 16.8 Å². The van der Waals surface area contributed by atoms with E-state index in [1.807, 2.05) is 13.8 Å². The number of imide groups is 1. The first-order chi connectivity index (χ1) is 16.2. The highest BCUT2D eigenvalue weighted by Gasteiger charge is 2.60. The number of carbonyl (C=O) groups excluding carboxylic acids is 4. The first-order valence-corrected chi connectivity index (χ1v) is 11.5. The van der Waals surface area contributed by atoms with Gasteiger partial charge in [-0.15, -0.1) is 0 Å². The number of carbonyl (C=O) groups is 4. The molecular weight excluding hydrogens is 456 g/mol. The van der Waals surface area contributed by atoms with E-state index in [2.05, 4.69) is 11.4 Å². The highest BCUT2D eigenvalue weighted by Crippen LogP contribution is 2.55. The van der Waals surface area contributed by atoms with Gasteiger partial charge in [-0.25, -0.2) is 9.69 Å². The van der Waals surface area contributed by atoms with Crippen LogP contribution < -0.4 is 10.2 Å². The first kappa shape index (κ1) is 22.3. The van der Waals surface area contributed by atoms with Gasteiger partial charge in [0.2, 0.25) is 11.8 Å². The number of fused-ring (bicyclic) bond motifs is 5. The lowest BCUT2D eigenvalue weighted by molar-refractivity contribution is -0.123. The van der Waals surface area contributed by atoms with E-state index in [4.69, 9.17) is 16.3 Å². The predicted octanol–water partition coefficient (Wildman–Crippen LogP) is 4.15. The smallest absolute Gasteiger partial charge is 0.338 e. The van der Waals surface area contributed by atoms with Gasteiger partial charge in [0.1, 0.15) is 0 Å². The number of halogens is 1. The van der Waals surface area contributed by atoms with Gasteiger partial charge in [0.05, 0.1) is 23.1 Å². The minimum Gasteiger partial charge on any atom is -0.452 e. The summed E-state index contributed by atoms with van der Waals surface area (Å²) in [5.74, 6) is -2.09. The van der Waals surface area contributed by atoms with Crippen molar-refractivity contribution < 1.29 is 23.9 Å². The summed E-state index contributed by atoms with van der Waals surface area (Å²) in [7, 11) is 0. The number of hydrogen-bond donors (Lipinski definition) is 1. The number of benzene rings is 2. The topological polar surface area (TPSA) is 92.8 Å². The van der Waals surface area contributed by atoms with Crippen molar-refractivity contribution in [3.05, 3.63) is 70.3 Å². The number of nitrogens with zero attached hydrogens (tertiary/aromatic N) is 1. The van der Waals surface area contributed by atoms with Gasteiger partial charge in [-0.2, -0.15) is 0 Å². The maximum Gasteiger partial charge on any atom is 0.338 e. The molecule has 1 N–H and O–H groups in total. The summed E-state index contributed by atoms with van der Waals surface area (Å²) in [5, 5.41) is 3.14. The van der Waals surface area contributed by atoms with E-state index < -0.39 is 18.5 Å². The van der Waals surface area contributed by atoms with E-state index in [1.54, 1.807) is 30.3 Å². The Morgan fingerprint density at radius 3 is 2.62 bits per heavy atom. The number of anilines is 2. The average molecular weight is 479 g/mol. The molecule has 0 spiro atoms. The van der Waals surface area contributed by atoms with Crippen LogP contribution in [0.5, 0.6) is 0 Å². The van der Waals surface area contributed by atoms with Crippen molar-refractivity contribution >= 4 is 46.7 Å². The number of esters is 1. The summed E-state index contributed by atoms with van der Waals surface area (Å²) in [6.07, 6.45) is 2.97. The van der Waals surface area contributed by atoms with Gasteiger partial charge in [0.25, 0.3) is 5.91 Å². The van der Waals surface area contributed by atoms with E-state index in [-0.39, 0.29) is 41.0 Å². The fraction of sp³-hybridized carbons (Fsp3) is 0.308. The summed E-state index contributed by atoms with van der Waals surface area (Å²) in [4.78, 5) is 52.2. The second kappa shape index (κ2) is 8.40. The molecule has 2 aliphatic carbocycles. The lowest BCUT2D eigenvalue weighted by Gasteiger charge is -2.19. The molecule has 2 fully saturated rings. The zero-order chi connectivity index (χ0) is 24.1. The van der Waals surface area contributed by atoms with Crippen LogP contribution in [-0.2, 0) is 19.1 Å². The Balaban J connectivity index is 1.25. The van der Waals surface area contributed by atoms with Crippen LogP contribution in [0, 0.1) is 30.6 Å². The Bertz CT molecular complexity index is 1270. The van der Waals surface area contributed by atoms with Crippen LogP contribution in [0.1, 0.15) is 29.3 Å². The lowest BCUT2D eigenvalue weighted by atomic mass is 9.82. The number of amides is 3. The molecule has 3 aliphatic rings. The summed E-state index contributed by atoms with van der Waals surface area (Å²) in [6, 6.07) is 11.3. The van der Waals surface area contributed by atoms with Crippen molar-refractivity contribution in [1.29, 1.82) is 0 Å². The Morgan fingerprint density at radius 2 is 1.85 bits per heavy atom. The van der Waals surface area contributed by atoms with E-state index >= 15 is 0 Å². The molecular formula is C26H23ClN2O5. The first-order valence-electron chi connectivity index (χ1n) is 11.1. The molecule has 174 valence electrons. The van der Waals surface area contributed by atoms with Gasteiger partial charge in [-0.1, -0.05) is 35.4 Å². The monoisotopic (exact) mass is 478 g/mol. The molecule has 0 aromatic heterocycles. The normalized spacial score (nSPS) is 24.8. The number of rotatable bonds is 5. The number of nitrogens with one attached hydrogen (secondary N) is 1. The fourth-order valence-corrected chi connectivity index (χ4v) is 5.56. The Labute approximate surface area is 201 Å². The highest BCUT2D eigenvalue weighted by atomic mass is 35.5. The van der Waals surface area contributed by atoms with Crippen molar-refractivity contribution in [1.82, 2.24) is 0 Å². The molecule has 2 aromatic rings. The zero-order valence-corrected chi connectivity index (χ0v) is 19.5. The number of ether oxygens (including phenoxy) is 1. The summed E-state index contributed by atoms with van der Waals surface area (Å²) in [5.41, 5.74) is 3.04. The van der Waals surface area contributed by atoms with Gasteiger partial charge in [-0.3, -0.25) is 14.4 Å². The molecule has 0 unspecified atom stereocenters. The molecule has 7 nitrogen and oxygen atoms in total. The van der Waals surface area contributed by atoms with Crippen LogP contribution in [0.2, 0.25) is 5.02 Å². The van der Waals surface area contributed by atoms with Gasteiger partial charge in [0.15, 0.2) is 6.61 Å². The summed E-state index contributed by atoms with van der Waals surface area (Å²) < 4.78 is 5.14. The predicted molar refractivity (Wildman–Crippen MR) is 126 cm³/mol. The molecule has 2 aromatic carbocycles. The van der Waals surface area contributed by atoms with Crippen LogP contribution in [0.15, 0.2) is 54.1 Å². The molecule has 34 heavy (non-hydrogen) atoms. The van der Waals surface area contributed by atoms with Gasteiger partial charge < -0.3 is 10.1 Å². The minimum atomic E-state index is -0.726. The van der Waals surface area contributed by atoms with Gasteiger partial charge in [0, 0.05) is 10.7 Å². The van der Waals surface area contributed by atoms with Gasteiger partial charge >= 0.3 is 5.97 Å². The zero-order valence-electron chi connectivity index (χ0n) is 18.7. The Kier molecular flexibility index (Phi) is 5.52. The number of allylic oxidation sites excluding steroid dienone is 2. The molecule has 4 atom stereocenters. The lowest BCUT2D eigenvalue weighted by Crippen LogP contribution is -2.33. The van der Waals surface area contributed by atoms with E-state index in [0.29, 0.717) is 16.4 Å². The molecule has 1 aliphatic heterocycles. The average Bonchev–Trinajstić information content (AvgIpc) is 3.45. The second-order valence-electron chi connectivity index (χ2n) is 9.12. The quantitative estimate of drug-likeness (QED) is 0.396. The molecule has 5 rings (SSSR count). The van der Waals surface area contributed by atoms with E-state index in [1.165, 1.54) is 22.6 Å². The molecule has 0 radical (unpaired) electrons. The highest BCUT2D eigenvalue weighted by molar-refractivity contribution is 6.31. The summed E-state index contributed by atoms with van der Waals surface area (Å²) >= 11 is 6.06. The standard InChI is InChI=1S/C26H23ClN2O5/c1-13-6-7-17(11-20(13)27)28-21(30)12-34-26(33)15-4-3-5-18(9-15)29-24(31)22-16-8-14(2)19(10-16)23(22)25(29)32/h3-9,11,16,19,22-23H,10,12H2,1-2H3,(H,28,30)/t16-,19+,22-,23+/m0/s1. The Hall–Kier alpha value is -3.45. The molecule has 8 heteroatoms. The second-order valence-corrected chi connectivity index (χ2v) is 9.53. The van der Waals surface area contributed by atoms with Crippen molar-refractivity contribution in [2.24, 2.45) is 23.7 Å². The maximum absolute atomic E-state index is 13.1. The van der Waals surface area contributed by atoms with E-state index in [9.17, 15) is 19.2 Å². The van der Waals surface area contributed by atoms with Gasteiger partial charge in [-0.05, 0) is 68.0 Å². The third-order valence-electron chi connectivity index (χ3n) is 7.01.